The number of nitrogens with zero attached hydrogens (tertiary/aromatic N) is 1. The molecular formula is C19H13NO6. The minimum Gasteiger partial charge on any atom is -0.506 e. The number of fused-ring (bicyclic) bond motifs is 1. The van der Waals surface area contributed by atoms with Gasteiger partial charge in [-0.3, -0.25) is 9.69 Å². The van der Waals surface area contributed by atoms with Crippen molar-refractivity contribution >= 4 is 40.0 Å². The third kappa shape index (κ3) is 2.82. The molecule has 0 unspecified atom stereocenters. The van der Waals surface area contributed by atoms with Crippen LogP contribution in [0.1, 0.15) is 10.4 Å². The molecule has 0 saturated heterocycles. The van der Waals surface area contributed by atoms with E-state index >= 15 is 0 Å². The maximum atomic E-state index is 12.4. The normalized spacial score (nSPS) is 10.5. The summed E-state index contributed by atoms with van der Waals surface area (Å²) in [4.78, 5) is 36.1. The second-order valence-electron chi connectivity index (χ2n) is 5.42. The fraction of sp³-hybridized carbons (Fsp3) is 0. The Labute approximate surface area is 147 Å². The van der Waals surface area contributed by atoms with E-state index in [0.717, 1.165) is 0 Å². The number of aromatic hydroxyl groups is 1. The van der Waals surface area contributed by atoms with Gasteiger partial charge in [0.1, 0.15) is 5.75 Å². The van der Waals surface area contributed by atoms with E-state index < -0.39 is 17.8 Å². The molecule has 0 aliphatic carbocycles. The van der Waals surface area contributed by atoms with Gasteiger partial charge in [-0.25, -0.2) is 9.59 Å². The predicted octanol–water partition coefficient (Wildman–Crippen LogP) is 2.99. The number of aliphatic carboxylic acids is 1. The van der Waals surface area contributed by atoms with Crippen molar-refractivity contribution in [2.75, 3.05) is 4.90 Å². The van der Waals surface area contributed by atoms with Crippen LogP contribution in [0, 0.1) is 0 Å². The van der Waals surface area contributed by atoms with Gasteiger partial charge in [0.05, 0.1) is 16.9 Å². The molecule has 0 spiro atoms. The Morgan fingerprint density at radius 1 is 0.808 bits per heavy atom. The number of aromatic carboxylic acids is 1. The van der Waals surface area contributed by atoms with Crippen LogP contribution in [0.25, 0.3) is 10.8 Å². The quantitative estimate of drug-likeness (QED) is 0.625. The molecule has 0 saturated carbocycles. The largest absolute Gasteiger partial charge is 0.506 e. The highest BCUT2D eigenvalue weighted by atomic mass is 16.4. The summed E-state index contributed by atoms with van der Waals surface area (Å²) >= 11 is 0. The van der Waals surface area contributed by atoms with E-state index in [-0.39, 0.29) is 22.7 Å². The standard InChI is InChI=1S/C19H13NO6/c21-15-10-9-11-5-1-2-6-12(11)16(15)20(17(22)19(25)26)14-8-4-3-7-13(14)18(23)24/h1-10,21H,(H,23,24)(H,25,26). The molecule has 3 rings (SSSR count). The molecule has 0 fully saturated rings. The van der Waals surface area contributed by atoms with E-state index in [0.29, 0.717) is 15.7 Å². The zero-order valence-electron chi connectivity index (χ0n) is 13.3. The fourth-order valence-corrected chi connectivity index (χ4v) is 2.76. The zero-order valence-corrected chi connectivity index (χ0v) is 13.3. The molecule has 0 aromatic heterocycles. The van der Waals surface area contributed by atoms with Gasteiger partial charge in [-0.05, 0) is 23.6 Å². The number of para-hydroxylation sites is 1. The molecule has 3 aromatic carbocycles. The number of hydrogen-bond donors (Lipinski definition) is 3. The highest BCUT2D eigenvalue weighted by molar-refractivity contribution is 6.40. The Kier molecular flexibility index (Phi) is 4.28. The first-order chi connectivity index (χ1) is 12.4. The molecule has 26 heavy (non-hydrogen) atoms. The number of benzene rings is 3. The average Bonchev–Trinajstić information content (AvgIpc) is 2.63. The summed E-state index contributed by atoms with van der Waals surface area (Å²) in [6.07, 6.45) is 0. The van der Waals surface area contributed by atoms with E-state index in [4.69, 9.17) is 0 Å². The van der Waals surface area contributed by atoms with Gasteiger partial charge < -0.3 is 15.3 Å². The molecule has 0 heterocycles. The number of phenols is 1. The molecule has 0 bridgehead atoms. The minimum absolute atomic E-state index is 0.0933. The molecule has 0 atom stereocenters. The van der Waals surface area contributed by atoms with Crippen molar-refractivity contribution in [2.24, 2.45) is 0 Å². The molecular weight excluding hydrogens is 338 g/mol. The molecule has 7 heteroatoms. The van der Waals surface area contributed by atoms with Crippen LogP contribution in [0.2, 0.25) is 0 Å². The van der Waals surface area contributed by atoms with Crippen LogP contribution in [-0.2, 0) is 9.59 Å². The van der Waals surface area contributed by atoms with Crippen LogP contribution in [0.15, 0.2) is 60.7 Å². The Balaban J connectivity index is 2.39. The molecule has 1 amide bonds. The lowest BCUT2D eigenvalue weighted by atomic mass is 10.0. The van der Waals surface area contributed by atoms with Crippen LogP contribution in [0.4, 0.5) is 11.4 Å². The summed E-state index contributed by atoms with van der Waals surface area (Å²) in [5.41, 5.74) is -0.516. The topological polar surface area (TPSA) is 115 Å². The van der Waals surface area contributed by atoms with E-state index in [9.17, 15) is 29.7 Å². The SMILES string of the molecule is O=C(O)C(=O)N(c1ccccc1C(=O)O)c1c(O)ccc2ccccc12. The van der Waals surface area contributed by atoms with Gasteiger partial charge in [-0.1, -0.05) is 42.5 Å². The fourth-order valence-electron chi connectivity index (χ4n) is 2.76. The summed E-state index contributed by atoms with van der Waals surface area (Å²) in [5.74, 6) is -4.84. The Bertz CT molecular complexity index is 1040. The zero-order chi connectivity index (χ0) is 18.8. The second-order valence-corrected chi connectivity index (χ2v) is 5.42. The Morgan fingerprint density at radius 2 is 1.46 bits per heavy atom. The highest BCUT2D eigenvalue weighted by Gasteiger charge is 2.30. The molecule has 0 aliphatic heterocycles. The lowest BCUT2D eigenvalue weighted by Gasteiger charge is -2.25. The molecule has 0 aliphatic rings. The third-order valence-electron chi connectivity index (χ3n) is 3.86. The van der Waals surface area contributed by atoms with Gasteiger partial charge in [0, 0.05) is 5.39 Å². The average molecular weight is 351 g/mol. The van der Waals surface area contributed by atoms with Crippen LogP contribution < -0.4 is 4.90 Å². The van der Waals surface area contributed by atoms with Gasteiger partial charge in [0.15, 0.2) is 0 Å². The van der Waals surface area contributed by atoms with Crippen LogP contribution in [0.5, 0.6) is 5.75 Å². The van der Waals surface area contributed by atoms with E-state index in [1.165, 1.54) is 30.3 Å². The van der Waals surface area contributed by atoms with Gasteiger partial charge in [0.2, 0.25) is 0 Å². The molecule has 3 N–H and O–H groups in total. The summed E-state index contributed by atoms with van der Waals surface area (Å²) in [7, 11) is 0. The van der Waals surface area contributed by atoms with E-state index in [1.54, 1.807) is 30.3 Å². The van der Waals surface area contributed by atoms with E-state index in [1.807, 2.05) is 0 Å². The number of rotatable bonds is 3. The Morgan fingerprint density at radius 3 is 2.15 bits per heavy atom. The van der Waals surface area contributed by atoms with Gasteiger partial charge in [-0.15, -0.1) is 0 Å². The van der Waals surface area contributed by atoms with Crippen molar-refractivity contribution in [3.8, 4) is 5.75 Å². The van der Waals surface area contributed by atoms with Crippen molar-refractivity contribution < 1.29 is 29.7 Å². The van der Waals surface area contributed by atoms with Crippen molar-refractivity contribution in [1.29, 1.82) is 0 Å². The predicted molar refractivity (Wildman–Crippen MR) is 93.8 cm³/mol. The summed E-state index contributed by atoms with van der Waals surface area (Å²) < 4.78 is 0. The van der Waals surface area contributed by atoms with Gasteiger partial charge in [0.25, 0.3) is 0 Å². The first-order valence-electron chi connectivity index (χ1n) is 7.52. The van der Waals surface area contributed by atoms with Crippen molar-refractivity contribution in [3.05, 3.63) is 66.2 Å². The number of hydrogen-bond acceptors (Lipinski definition) is 4. The number of carboxylic acid groups (broad SMARTS) is 2. The second kappa shape index (κ2) is 6.56. The van der Waals surface area contributed by atoms with Gasteiger partial charge >= 0.3 is 17.8 Å². The minimum atomic E-state index is -1.78. The van der Waals surface area contributed by atoms with Crippen LogP contribution >= 0.6 is 0 Å². The Hall–Kier alpha value is -3.87. The monoisotopic (exact) mass is 351 g/mol. The lowest BCUT2D eigenvalue weighted by Crippen LogP contribution is -2.33. The number of carbonyl (C=O) groups is 3. The molecule has 3 aromatic rings. The number of anilines is 2. The summed E-state index contributed by atoms with van der Waals surface area (Å²) in [6, 6.07) is 15.2. The van der Waals surface area contributed by atoms with Crippen molar-refractivity contribution in [3.63, 3.8) is 0 Å². The van der Waals surface area contributed by atoms with Gasteiger partial charge in [-0.2, -0.15) is 0 Å². The van der Waals surface area contributed by atoms with Crippen LogP contribution in [0.3, 0.4) is 0 Å². The maximum Gasteiger partial charge on any atom is 0.395 e. The summed E-state index contributed by atoms with van der Waals surface area (Å²) in [5, 5.41) is 30.1. The highest BCUT2D eigenvalue weighted by Crippen LogP contribution is 2.40. The van der Waals surface area contributed by atoms with Crippen molar-refractivity contribution in [2.45, 2.75) is 0 Å². The number of carboxylic acids is 2. The molecule has 130 valence electrons. The van der Waals surface area contributed by atoms with Crippen molar-refractivity contribution in [1.82, 2.24) is 0 Å². The first kappa shape index (κ1) is 17.0. The number of amides is 1. The summed E-state index contributed by atoms with van der Waals surface area (Å²) in [6.45, 7) is 0. The number of phenolic OH excluding ortho intramolecular Hbond substituents is 1. The number of carbonyl (C=O) groups excluding carboxylic acids is 1. The van der Waals surface area contributed by atoms with E-state index in [2.05, 4.69) is 0 Å². The maximum absolute atomic E-state index is 12.4. The lowest BCUT2D eigenvalue weighted by molar-refractivity contribution is -0.148. The first-order valence-corrected chi connectivity index (χ1v) is 7.52. The van der Waals surface area contributed by atoms with Crippen LogP contribution in [-0.4, -0.2) is 33.2 Å². The molecule has 0 radical (unpaired) electrons. The third-order valence-corrected chi connectivity index (χ3v) is 3.86. The smallest absolute Gasteiger partial charge is 0.395 e. The molecule has 7 nitrogen and oxygen atoms in total.